The van der Waals surface area contributed by atoms with Gasteiger partial charge in [0.15, 0.2) is 0 Å². The summed E-state index contributed by atoms with van der Waals surface area (Å²) in [5.74, 6) is -1.27. The van der Waals surface area contributed by atoms with E-state index in [1.807, 2.05) is 29.6 Å². The number of benzene rings is 1. The Morgan fingerprint density at radius 3 is 2.71 bits per heavy atom. The maximum atomic E-state index is 11.8. The van der Waals surface area contributed by atoms with E-state index in [1.54, 1.807) is 11.3 Å². The fourth-order valence-electron chi connectivity index (χ4n) is 1.80. The number of thiophene rings is 1. The molecule has 1 atom stereocenters. The number of carboxylic acids is 1. The van der Waals surface area contributed by atoms with Gasteiger partial charge in [0.05, 0.1) is 12.0 Å². The third-order valence-corrected chi connectivity index (χ3v) is 4.25. The molecule has 21 heavy (non-hydrogen) atoms. The predicted octanol–water partition coefficient (Wildman–Crippen LogP) is -1.81. The molecule has 0 aliphatic rings. The molecule has 0 aliphatic carbocycles. The van der Waals surface area contributed by atoms with Gasteiger partial charge < -0.3 is 20.1 Å². The minimum atomic E-state index is -1.27. The van der Waals surface area contributed by atoms with Gasteiger partial charge in [-0.3, -0.25) is 0 Å². The van der Waals surface area contributed by atoms with Gasteiger partial charge in [0, 0.05) is 18.3 Å². The van der Waals surface area contributed by atoms with Gasteiger partial charge in [0.2, 0.25) is 0 Å². The standard InChI is InChI=1S/C14H16N2O3S.K/c1-9(13(17)18)16(2)14(19)15-7-10-8-20-12-6-4-3-5-11(10)12;/h3-6,8-9H,7H2,1-2H3,(H,15,19)(H,17,18);/q;+1/p-1. The van der Waals surface area contributed by atoms with Crippen molar-refractivity contribution in [3.05, 3.63) is 35.2 Å². The zero-order valence-corrected chi connectivity index (χ0v) is 16.2. The first-order valence-corrected chi connectivity index (χ1v) is 7.05. The number of hydrogen-bond donors (Lipinski definition) is 1. The van der Waals surface area contributed by atoms with Crippen LogP contribution in [-0.4, -0.2) is 30.0 Å². The smallest absolute Gasteiger partial charge is 0.548 e. The molecule has 0 saturated heterocycles. The number of rotatable bonds is 4. The third kappa shape index (κ3) is 4.51. The first kappa shape index (κ1) is 18.6. The van der Waals surface area contributed by atoms with E-state index in [2.05, 4.69) is 5.32 Å². The Morgan fingerprint density at radius 2 is 2.05 bits per heavy atom. The number of nitrogens with one attached hydrogen (secondary N) is 1. The van der Waals surface area contributed by atoms with Crippen molar-refractivity contribution in [1.29, 1.82) is 0 Å². The molecule has 1 N–H and O–H groups in total. The predicted molar refractivity (Wildman–Crippen MR) is 76.3 cm³/mol. The van der Waals surface area contributed by atoms with Crippen LogP contribution in [0.3, 0.4) is 0 Å². The first-order valence-electron chi connectivity index (χ1n) is 6.17. The summed E-state index contributed by atoms with van der Waals surface area (Å²) in [4.78, 5) is 23.7. The molecule has 106 valence electrons. The third-order valence-electron chi connectivity index (χ3n) is 3.23. The van der Waals surface area contributed by atoms with Crippen molar-refractivity contribution in [3.63, 3.8) is 0 Å². The molecule has 7 heteroatoms. The monoisotopic (exact) mass is 330 g/mol. The molecule has 1 aromatic carbocycles. The quantitative estimate of drug-likeness (QED) is 0.672. The molecule has 2 amide bonds. The van der Waals surface area contributed by atoms with E-state index >= 15 is 0 Å². The molecular formula is C14H15KN2O3S. The van der Waals surface area contributed by atoms with Crippen LogP contribution in [0.2, 0.25) is 0 Å². The summed E-state index contributed by atoms with van der Waals surface area (Å²) in [6.45, 7) is 1.78. The van der Waals surface area contributed by atoms with Crippen LogP contribution in [-0.2, 0) is 11.3 Å². The van der Waals surface area contributed by atoms with Gasteiger partial charge >= 0.3 is 57.4 Å². The average Bonchev–Trinajstić information content (AvgIpc) is 2.86. The molecule has 0 bridgehead atoms. The second-order valence-electron chi connectivity index (χ2n) is 4.52. The molecule has 0 saturated carbocycles. The van der Waals surface area contributed by atoms with Crippen molar-refractivity contribution in [2.45, 2.75) is 19.5 Å². The van der Waals surface area contributed by atoms with Crippen LogP contribution in [0, 0.1) is 0 Å². The van der Waals surface area contributed by atoms with Crippen molar-refractivity contribution in [2.75, 3.05) is 7.05 Å². The van der Waals surface area contributed by atoms with Crippen molar-refractivity contribution >= 4 is 33.4 Å². The van der Waals surface area contributed by atoms with Gasteiger partial charge in [-0.1, -0.05) is 18.2 Å². The molecule has 0 aliphatic heterocycles. The minimum Gasteiger partial charge on any atom is -0.548 e. The zero-order chi connectivity index (χ0) is 14.7. The summed E-state index contributed by atoms with van der Waals surface area (Å²) in [5, 5.41) is 16.5. The molecule has 2 rings (SSSR count). The molecule has 1 unspecified atom stereocenters. The largest absolute Gasteiger partial charge is 1.00 e. The second-order valence-corrected chi connectivity index (χ2v) is 5.43. The Morgan fingerprint density at radius 1 is 1.38 bits per heavy atom. The molecule has 1 heterocycles. The number of hydrogen-bond acceptors (Lipinski definition) is 4. The van der Waals surface area contributed by atoms with Crippen molar-refractivity contribution in [2.24, 2.45) is 0 Å². The number of likely N-dealkylation sites (N-methyl/N-ethyl adjacent to an activating group) is 1. The van der Waals surface area contributed by atoms with Crippen LogP contribution < -0.4 is 61.8 Å². The van der Waals surface area contributed by atoms with Crippen LogP contribution in [0.5, 0.6) is 0 Å². The van der Waals surface area contributed by atoms with Gasteiger partial charge in [-0.15, -0.1) is 11.3 Å². The SMILES string of the molecule is CC(C(=O)[O-])N(C)C(=O)NCc1csc2ccccc12.[K+]. The number of carboxylic acid groups (broad SMARTS) is 1. The van der Waals surface area contributed by atoms with Crippen LogP contribution in [0.25, 0.3) is 10.1 Å². The second kappa shape index (κ2) is 8.26. The van der Waals surface area contributed by atoms with E-state index < -0.39 is 18.0 Å². The summed E-state index contributed by atoms with van der Waals surface area (Å²) < 4.78 is 1.16. The summed E-state index contributed by atoms with van der Waals surface area (Å²) in [6, 6.07) is 6.55. The minimum absolute atomic E-state index is 0. The Hall–Kier alpha value is -0.444. The van der Waals surface area contributed by atoms with Gasteiger partial charge in [0.25, 0.3) is 0 Å². The molecule has 5 nitrogen and oxygen atoms in total. The Balaban J connectivity index is 0.00000220. The molecule has 0 radical (unpaired) electrons. The van der Waals surface area contributed by atoms with Crippen molar-refractivity contribution in [1.82, 2.24) is 10.2 Å². The Kier molecular flexibility index (Phi) is 7.32. The first-order chi connectivity index (χ1) is 9.50. The van der Waals surface area contributed by atoms with E-state index in [1.165, 1.54) is 14.0 Å². The van der Waals surface area contributed by atoms with Crippen molar-refractivity contribution in [3.8, 4) is 0 Å². The Bertz CT molecular complexity index is 644. The number of carbonyl (C=O) groups is 2. The van der Waals surface area contributed by atoms with E-state index in [0.29, 0.717) is 6.54 Å². The fraction of sp³-hybridized carbons (Fsp3) is 0.286. The number of aliphatic carboxylic acids is 1. The van der Waals surface area contributed by atoms with E-state index in [9.17, 15) is 14.7 Å². The van der Waals surface area contributed by atoms with Gasteiger partial charge in [-0.25, -0.2) is 4.79 Å². The van der Waals surface area contributed by atoms with Crippen LogP contribution in [0.15, 0.2) is 29.6 Å². The summed E-state index contributed by atoms with van der Waals surface area (Å²) in [6.07, 6.45) is 0. The van der Waals surface area contributed by atoms with Gasteiger partial charge in [-0.2, -0.15) is 0 Å². The number of nitrogens with zero attached hydrogens (tertiary/aromatic N) is 1. The number of urea groups is 1. The summed E-state index contributed by atoms with van der Waals surface area (Å²) in [7, 11) is 1.43. The van der Waals surface area contributed by atoms with Crippen molar-refractivity contribution < 1.29 is 66.1 Å². The van der Waals surface area contributed by atoms with Crippen LogP contribution in [0.4, 0.5) is 4.79 Å². The number of carbonyl (C=O) groups excluding carboxylic acids is 2. The normalized spacial score (nSPS) is 11.5. The average molecular weight is 330 g/mol. The molecule has 0 spiro atoms. The number of amides is 2. The topological polar surface area (TPSA) is 72.5 Å². The summed E-state index contributed by atoms with van der Waals surface area (Å²) in [5.41, 5.74) is 1.02. The summed E-state index contributed by atoms with van der Waals surface area (Å²) >= 11 is 1.62. The Labute approximate surface area is 169 Å². The molecular weight excluding hydrogens is 315 g/mol. The van der Waals surface area contributed by atoms with E-state index in [0.717, 1.165) is 20.5 Å². The van der Waals surface area contributed by atoms with Crippen LogP contribution in [0.1, 0.15) is 12.5 Å². The van der Waals surface area contributed by atoms with Gasteiger partial charge in [-0.05, 0) is 29.3 Å². The molecule has 2 aromatic rings. The van der Waals surface area contributed by atoms with Gasteiger partial charge in [0.1, 0.15) is 0 Å². The number of fused-ring (bicyclic) bond motifs is 1. The fourth-order valence-corrected chi connectivity index (χ4v) is 2.76. The maximum absolute atomic E-state index is 11.8. The maximum Gasteiger partial charge on any atom is 1.00 e. The molecule has 1 aromatic heterocycles. The zero-order valence-electron chi connectivity index (χ0n) is 12.3. The van der Waals surface area contributed by atoms with E-state index in [-0.39, 0.29) is 51.4 Å². The molecule has 0 fully saturated rings. The van der Waals surface area contributed by atoms with E-state index in [4.69, 9.17) is 0 Å². The van der Waals surface area contributed by atoms with Crippen LogP contribution >= 0.6 is 11.3 Å².